The third-order valence-corrected chi connectivity index (χ3v) is 5.54. The van der Waals surface area contributed by atoms with Crippen LogP contribution in [0, 0.1) is 11.8 Å². The molecule has 0 spiro atoms. The molecule has 3 rings (SSSR count). The van der Waals surface area contributed by atoms with E-state index in [-0.39, 0.29) is 5.91 Å². The Bertz CT molecular complexity index is 722. The first-order valence-corrected chi connectivity index (χ1v) is 9.88. The molecule has 0 bridgehead atoms. The molecule has 1 aliphatic carbocycles. The highest BCUT2D eigenvalue weighted by Crippen LogP contribution is 2.31. The molecule has 6 nitrogen and oxygen atoms in total. The van der Waals surface area contributed by atoms with Crippen molar-refractivity contribution >= 4 is 29.3 Å². The second kappa shape index (κ2) is 9.08. The normalized spacial score (nSPS) is 24.3. The molecule has 1 fully saturated rings. The van der Waals surface area contributed by atoms with Gasteiger partial charge in [-0.1, -0.05) is 32.8 Å². The summed E-state index contributed by atoms with van der Waals surface area (Å²) in [6, 6.07) is 5.92. The molecule has 0 unspecified atom stereocenters. The third kappa shape index (κ3) is 5.35. The molecule has 1 saturated carbocycles. The van der Waals surface area contributed by atoms with Gasteiger partial charge in [0.25, 0.3) is 5.91 Å². The van der Waals surface area contributed by atoms with Crippen LogP contribution < -0.4 is 25.6 Å². The fourth-order valence-electron chi connectivity index (χ4n) is 3.49. The van der Waals surface area contributed by atoms with Crippen LogP contribution in [0.2, 0.25) is 0 Å². The maximum Gasteiger partial charge on any atom is 0.262 e. The average molecular weight is 390 g/mol. The zero-order chi connectivity index (χ0) is 19.2. The van der Waals surface area contributed by atoms with E-state index in [0.717, 1.165) is 17.7 Å². The minimum absolute atomic E-state index is 0.279. The van der Waals surface area contributed by atoms with Crippen LogP contribution in [-0.2, 0) is 4.79 Å². The Morgan fingerprint density at radius 1 is 1.15 bits per heavy atom. The van der Waals surface area contributed by atoms with Crippen LogP contribution >= 0.6 is 12.2 Å². The summed E-state index contributed by atoms with van der Waals surface area (Å²) < 4.78 is 11.0. The van der Waals surface area contributed by atoms with Crippen molar-refractivity contribution < 1.29 is 14.3 Å². The van der Waals surface area contributed by atoms with Gasteiger partial charge in [0.1, 0.15) is 13.2 Å². The van der Waals surface area contributed by atoms with Crippen molar-refractivity contribution in [3.8, 4) is 11.5 Å². The maximum atomic E-state index is 12.0. The highest BCUT2D eigenvalue weighted by Gasteiger charge is 2.27. The lowest BCUT2D eigenvalue weighted by Gasteiger charge is -2.35. The van der Waals surface area contributed by atoms with Gasteiger partial charge in [-0.15, -0.1) is 0 Å². The molecule has 27 heavy (non-hydrogen) atoms. The van der Waals surface area contributed by atoms with Gasteiger partial charge in [0, 0.05) is 12.1 Å². The van der Waals surface area contributed by atoms with Gasteiger partial charge in [0.05, 0.1) is 0 Å². The maximum absolute atomic E-state index is 12.0. The Labute approximate surface area is 165 Å². The number of hydrogen-bond acceptors (Lipinski definition) is 4. The summed E-state index contributed by atoms with van der Waals surface area (Å²) in [6.07, 6.45) is 6.74. The number of nitrogens with one attached hydrogen (secondary N) is 3. The van der Waals surface area contributed by atoms with Crippen molar-refractivity contribution in [3.63, 3.8) is 0 Å². The van der Waals surface area contributed by atoms with Crippen LogP contribution in [0.3, 0.4) is 0 Å². The minimum Gasteiger partial charge on any atom is -0.486 e. The fraction of sp³-hybridized carbons (Fsp3) is 0.500. The summed E-state index contributed by atoms with van der Waals surface area (Å²) in [4.78, 5) is 12.0. The van der Waals surface area contributed by atoms with Gasteiger partial charge in [-0.25, -0.2) is 0 Å². The number of ether oxygens (including phenoxy) is 2. The molecule has 3 N–H and O–H groups in total. The Morgan fingerprint density at radius 3 is 2.74 bits per heavy atom. The van der Waals surface area contributed by atoms with E-state index in [1.54, 1.807) is 6.08 Å². The number of benzene rings is 1. The first-order chi connectivity index (χ1) is 13.0. The van der Waals surface area contributed by atoms with Crippen molar-refractivity contribution in [2.75, 3.05) is 13.2 Å². The van der Waals surface area contributed by atoms with Crippen LogP contribution in [0.25, 0.3) is 6.08 Å². The van der Waals surface area contributed by atoms with E-state index in [9.17, 15) is 4.79 Å². The first kappa shape index (κ1) is 19.5. The first-order valence-electron chi connectivity index (χ1n) is 9.47. The Morgan fingerprint density at radius 2 is 1.93 bits per heavy atom. The van der Waals surface area contributed by atoms with Gasteiger partial charge in [-0.05, 0) is 54.2 Å². The molecule has 0 radical (unpaired) electrons. The minimum atomic E-state index is -0.279. The second-order valence-electron chi connectivity index (χ2n) is 7.20. The van der Waals surface area contributed by atoms with Crippen LogP contribution in [-0.4, -0.2) is 30.3 Å². The SMILES string of the molecule is C[C@@H]1[C@@H](C)CCC[C@H]1NC(=S)NNC(=O)/C=C/c1ccc2c(c1)OCCO2. The van der Waals surface area contributed by atoms with E-state index in [4.69, 9.17) is 21.7 Å². The number of rotatable bonds is 3. The third-order valence-electron chi connectivity index (χ3n) is 5.32. The van der Waals surface area contributed by atoms with Gasteiger partial charge in [0.2, 0.25) is 0 Å². The van der Waals surface area contributed by atoms with Crippen LogP contribution in [0.1, 0.15) is 38.7 Å². The molecule has 1 aromatic rings. The number of fused-ring (bicyclic) bond motifs is 1. The van der Waals surface area contributed by atoms with Crippen molar-refractivity contribution in [2.45, 2.75) is 39.2 Å². The van der Waals surface area contributed by atoms with Crippen LogP contribution in [0.4, 0.5) is 0 Å². The summed E-state index contributed by atoms with van der Waals surface area (Å²) >= 11 is 5.30. The van der Waals surface area contributed by atoms with Gasteiger partial charge in [-0.3, -0.25) is 15.6 Å². The lowest BCUT2D eigenvalue weighted by Crippen LogP contribution is -2.52. The molecule has 2 aliphatic rings. The molecule has 1 heterocycles. The van der Waals surface area contributed by atoms with Gasteiger partial charge < -0.3 is 14.8 Å². The Kier molecular flexibility index (Phi) is 6.55. The average Bonchev–Trinajstić information content (AvgIpc) is 2.68. The molecule has 0 saturated heterocycles. The number of carbonyl (C=O) groups is 1. The molecule has 0 aromatic heterocycles. The second-order valence-corrected chi connectivity index (χ2v) is 7.61. The van der Waals surface area contributed by atoms with Crippen molar-refractivity contribution in [1.82, 2.24) is 16.2 Å². The number of thiocarbonyl (C=S) groups is 1. The molecule has 7 heteroatoms. The van der Waals surface area contributed by atoms with Crippen molar-refractivity contribution in [3.05, 3.63) is 29.8 Å². The lowest BCUT2D eigenvalue weighted by molar-refractivity contribution is -0.116. The topological polar surface area (TPSA) is 71.6 Å². The summed E-state index contributed by atoms with van der Waals surface area (Å²) in [6.45, 7) is 5.62. The quantitative estimate of drug-likeness (QED) is 0.420. The summed E-state index contributed by atoms with van der Waals surface area (Å²) in [5, 5.41) is 3.76. The molecule has 1 aromatic carbocycles. The van der Waals surface area contributed by atoms with Crippen LogP contribution in [0.5, 0.6) is 11.5 Å². The summed E-state index contributed by atoms with van der Waals surface area (Å²) in [7, 11) is 0. The Hall–Kier alpha value is -2.28. The van der Waals surface area contributed by atoms with E-state index in [1.165, 1.54) is 18.9 Å². The zero-order valence-corrected chi connectivity index (χ0v) is 16.6. The van der Waals surface area contributed by atoms with E-state index in [1.807, 2.05) is 18.2 Å². The molecule has 3 atom stereocenters. The fourth-order valence-corrected chi connectivity index (χ4v) is 3.69. The highest BCUT2D eigenvalue weighted by molar-refractivity contribution is 7.80. The van der Waals surface area contributed by atoms with Crippen LogP contribution in [0.15, 0.2) is 24.3 Å². The highest BCUT2D eigenvalue weighted by atomic mass is 32.1. The summed E-state index contributed by atoms with van der Waals surface area (Å²) in [5.74, 6) is 2.39. The Balaban J connectivity index is 1.45. The number of carbonyl (C=O) groups excluding carboxylic acids is 1. The van der Waals surface area contributed by atoms with E-state index in [0.29, 0.717) is 42.0 Å². The number of amides is 1. The van der Waals surface area contributed by atoms with Crippen molar-refractivity contribution in [1.29, 1.82) is 0 Å². The predicted octanol–water partition coefficient (Wildman–Crippen LogP) is 2.79. The molecular formula is C20H27N3O3S. The zero-order valence-electron chi connectivity index (χ0n) is 15.8. The molecule has 1 amide bonds. The van der Waals surface area contributed by atoms with E-state index in [2.05, 4.69) is 30.0 Å². The largest absolute Gasteiger partial charge is 0.486 e. The van der Waals surface area contributed by atoms with Gasteiger partial charge >= 0.3 is 0 Å². The smallest absolute Gasteiger partial charge is 0.262 e. The standard InChI is InChI=1S/C20H27N3O3S/c1-13-4-3-5-16(14(13)2)21-20(27)23-22-19(24)9-7-15-6-8-17-18(12-15)26-11-10-25-17/h6-9,12-14,16H,3-5,10-11H2,1-2H3,(H,22,24)(H2,21,23,27)/b9-7+/t13-,14+,16+/m0/s1. The number of hydrazine groups is 1. The van der Waals surface area contributed by atoms with E-state index < -0.39 is 0 Å². The number of hydrogen-bond donors (Lipinski definition) is 3. The molecular weight excluding hydrogens is 362 g/mol. The van der Waals surface area contributed by atoms with Crippen molar-refractivity contribution in [2.24, 2.45) is 11.8 Å². The monoisotopic (exact) mass is 389 g/mol. The lowest BCUT2D eigenvalue weighted by atomic mass is 9.78. The van der Waals surface area contributed by atoms with Gasteiger partial charge in [0.15, 0.2) is 16.6 Å². The predicted molar refractivity (Wildman–Crippen MR) is 109 cm³/mol. The molecule has 146 valence electrons. The summed E-state index contributed by atoms with van der Waals surface area (Å²) in [5.41, 5.74) is 6.23. The molecule has 1 aliphatic heterocycles. The van der Waals surface area contributed by atoms with E-state index >= 15 is 0 Å². The van der Waals surface area contributed by atoms with Gasteiger partial charge in [-0.2, -0.15) is 0 Å².